The molecule has 1 N–H and O–H groups in total. The molecular formula is C16H29N3O. The number of nitrogens with zero attached hydrogens (tertiary/aromatic N) is 2. The van der Waals surface area contributed by atoms with Crippen LogP contribution in [0.25, 0.3) is 0 Å². The third kappa shape index (κ3) is 6.98. The smallest absolute Gasteiger partial charge is 0.0888 e. The minimum atomic E-state index is 0.601. The molecule has 20 heavy (non-hydrogen) atoms. The van der Waals surface area contributed by atoms with Gasteiger partial charge in [0, 0.05) is 19.3 Å². The van der Waals surface area contributed by atoms with E-state index >= 15 is 0 Å². The summed E-state index contributed by atoms with van der Waals surface area (Å²) in [5.41, 5.74) is 2.23. The third-order valence-electron chi connectivity index (χ3n) is 3.34. The van der Waals surface area contributed by atoms with Gasteiger partial charge in [0.05, 0.1) is 18.9 Å². The van der Waals surface area contributed by atoms with Gasteiger partial charge in [-0.2, -0.15) is 0 Å². The molecule has 0 bridgehead atoms. The molecule has 0 saturated carbocycles. The van der Waals surface area contributed by atoms with E-state index in [-0.39, 0.29) is 0 Å². The number of aromatic nitrogens is 1. The number of hydrogen-bond acceptors (Lipinski definition) is 4. The summed E-state index contributed by atoms with van der Waals surface area (Å²) in [5, 5.41) is 3.37. The lowest BCUT2D eigenvalue weighted by atomic mass is 10.2. The molecule has 0 atom stereocenters. The van der Waals surface area contributed by atoms with Crippen LogP contribution < -0.4 is 5.32 Å². The van der Waals surface area contributed by atoms with Gasteiger partial charge in [-0.05, 0) is 37.7 Å². The minimum Gasteiger partial charge on any atom is -0.374 e. The Morgan fingerprint density at radius 3 is 2.60 bits per heavy atom. The second kappa shape index (κ2) is 10.8. The van der Waals surface area contributed by atoms with Crippen LogP contribution in [0.5, 0.6) is 0 Å². The summed E-state index contributed by atoms with van der Waals surface area (Å²) in [5.74, 6) is 0. The average molecular weight is 279 g/mol. The van der Waals surface area contributed by atoms with Crippen LogP contribution in [0.3, 0.4) is 0 Å². The molecule has 0 aliphatic carbocycles. The Morgan fingerprint density at radius 2 is 2.00 bits per heavy atom. The Kier molecular flexibility index (Phi) is 9.20. The normalized spacial score (nSPS) is 11.2. The summed E-state index contributed by atoms with van der Waals surface area (Å²) in [6, 6.07) is 4.18. The summed E-state index contributed by atoms with van der Waals surface area (Å²) in [6.07, 6.45) is 3.09. The van der Waals surface area contributed by atoms with Gasteiger partial charge in [-0.15, -0.1) is 0 Å². The summed E-state index contributed by atoms with van der Waals surface area (Å²) in [7, 11) is 0. The quantitative estimate of drug-likeness (QED) is 0.631. The standard InChI is InChI=1S/C16H29N3O/c1-4-9-17-12-15-7-8-16(18-13-15)14-20-11-10-19(5-2)6-3/h7-8,13,17H,4-6,9-12,14H2,1-3H3. The lowest BCUT2D eigenvalue weighted by Crippen LogP contribution is -2.27. The Morgan fingerprint density at radius 1 is 1.20 bits per heavy atom. The van der Waals surface area contributed by atoms with Gasteiger partial charge in [-0.3, -0.25) is 4.98 Å². The van der Waals surface area contributed by atoms with E-state index in [0.29, 0.717) is 6.61 Å². The van der Waals surface area contributed by atoms with Crippen molar-refractivity contribution in [3.63, 3.8) is 0 Å². The van der Waals surface area contributed by atoms with Crippen LogP contribution in [0.2, 0.25) is 0 Å². The number of pyridine rings is 1. The Hall–Kier alpha value is -0.970. The second-order valence-corrected chi connectivity index (χ2v) is 4.91. The van der Waals surface area contributed by atoms with E-state index in [9.17, 15) is 0 Å². The van der Waals surface area contributed by atoms with Gasteiger partial charge in [0.15, 0.2) is 0 Å². The molecule has 0 saturated heterocycles. The van der Waals surface area contributed by atoms with Crippen molar-refractivity contribution in [3.8, 4) is 0 Å². The summed E-state index contributed by atoms with van der Waals surface area (Å²) in [4.78, 5) is 6.79. The van der Waals surface area contributed by atoms with E-state index < -0.39 is 0 Å². The van der Waals surface area contributed by atoms with Crippen molar-refractivity contribution in [1.82, 2.24) is 15.2 Å². The van der Waals surface area contributed by atoms with Crippen molar-refractivity contribution in [2.75, 3.05) is 32.8 Å². The predicted octanol–water partition coefficient (Wildman–Crippen LogP) is 2.44. The number of nitrogens with one attached hydrogen (secondary N) is 1. The number of rotatable bonds is 11. The minimum absolute atomic E-state index is 0.601. The van der Waals surface area contributed by atoms with Crippen LogP contribution in [0.15, 0.2) is 18.3 Å². The molecule has 1 rings (SSSR count). The largest absolute Gasteiger partial charge is 0.374 e. The van der Waals surface area contributed by atoms with Gasteiger partial charge in [0.1, 0.15) is 0 Å². The lowest BCUT2D eigenvalue weighted by molar-refractivity contribution is 0.0936. The maximum Gasteiger partial charge on any atom is 0.0888 e. The topological polar surface area (TPSA) is 37.4 Å². The lowest BCUT2D eigenvalue weighted by Gasteiger charge is -2.17. The van der Waals surface area contributed by atoms with Crippen molar-refractivity contribution >= 4 is 0 Å². The van der Waals surface area contributed by atoms with Crippen molar-refractivity contribution in [2.24, 2.45) is 0 Å². The second-order valence-electron chi connectivity index (χ2n) is 4.91. The van der Waals surface area contributed by atoms with Gasteiger partial charge in [-0.1, -0.05) is 26.8 Å². The Labute approximate surface area is 123 Å². The monoisotopic (exact) mass is 279 g/mol. The number of likely N-dealkylation sites (N-methyl/N-ethyl adjacent to an activating group) is 1. The summed E-state index contributed by atoms with van der Waals surface area (Å²) >= 11 is 0. The van der Waals surface area contributed by atoms with Gasteiger partial charge < -0.3 is 15.0 Å². The van der Waals surface area contributed by atoms with Crippen molar-refractivity contribution in [1.29, 1.82) is 0 Å². The molecule has 4 heteroatoms. The van der Waals surface area contributed by atoms with Crippen molar-refractivity contribution in [3.05, 3.63) is 29.6 Å². The highest BCUT2D eigenvalue weighted by Crippen LogP contribution is 2.02. The van der Waals surface area contributed by atoms with E-state index in [1.165, 1.54) is 5.56 Å². The first-order valence-electron chi connectivity index (χ1n) is 7.74. The number of hydrogen-bond donors (Lipinski definition) is 1. The van der Waals surface area contributed by atoms with E-state index in [0.717, 1.165) is 51.4 Å². The molecule has 1 aromatic rings. The summed E-state index contributed by atoms with van der Waals surface area (Å²) < 4.78 is 5.67. The molecule has 0 aliphatic heterocycles. The molecule has 0 fully saturated rings. The van der Waals surface area contributed by atoms with Crippen LogP contribution in [-0.4, -0.2) is 42.7 Å². The molecule has 1 aromatic heterocycles. The number of ether oxygens (including phenoxy) is 1. The zero-order valence-corrected chi connectivity index (χ0v) is 13.2. The molecule has 0 aliphatic rings. The fraction of sp³-hybridized carbons (Fsp3) is 0.688. The summed E-state index contributed by atoms with van der Waals surface area (Å²) in [6.45, 7) is 13.0. The molecule has 0 radical (unpaired) electrons. The fourth-order valence-corrected chi connectivity index (χ4v) is 1.96. The molecule has 0 aromatic carbocycles. The molecule has 0 unspecified atom stereocenters. The first-order chi connectivity index (χ1) is 9.80. The molecule has 0 spiro atoms. The van der Waals surface area contributed by atoms with Gasteiger partial charge in [0.2, 0.25) is 0 Å². The Balaban J connectivity index is 2.21. The van der Waals surface area contributed by atoms with E-state index in [4.69, 9.17) is 4.74 Å². The van der Waals surface area contributed by atoms with Crippen LogP contribution in [-0.2, 0) is 17.9 Å². The first kappa shape index (κ1) is 17.1. The van der Waals surface area contributed by atoms with Gasteiger partial charge >= 0.3 is 0 Å². The average Bonchev–Trinajstić information content (AvgIpc) is 2.49. The highest BCUT2D eigenvalue weighted by atomic mass is 16.5. The first-order valence-corrected chi connectivity index (χ1v) is 7.74. The van der Waals surface area contributed by atoms with E-state index in [1.807, 2.05) is 6.20 Å². The highest BCUT2D eigenvalue weighted by molar-refractivity contribution is 5.13. The molecule has 1 heterocycles. The Bertz CT molecular complexity index is 336. The molecule has 0 amide bonds. The van der Waals surface area contributed by atoms with Crippen LogP contribution in [0, 0.1) is 0 Å². The molecule has 4 nitrogen and oxygen atoms in total. The zero-order valence-electron chi connectivity index (χ0n) is 13.2. The molecular weight excluding hydrogens is 250 g/mol. The fourth-order valence-electron chi connectivity index (χ4n) is 1.96. The van der Waals surface area contributed by atoms with E-state index in [2.05, 4.69) is 48.1 Å². The van der Waals surface area contributed by atoms with Gasteiger partial charge in [-0.25, -0.2) is 0 Å². The predicted molar refractivity (Wildman–Crippen MR) is 83.7 cm³/mol. The zero-order chi connectivity index (χ0) is 14.6. The maximum atomic E-state index is 5.67. The van der Waals surface area contributed by atoms with Crippen molar-refractivity contribution in [2.45, 2.75) is 40.3 Å². The van der Waals surface area contributed by atoms with E-state index in [1.54, 1.807) is 0 Å². The van der Waals surface area contributed by atoms with Crippen LogP contribution in [0.4, 0.5) is 0 Å². The van der Waals surface area contributed by atoms with Crippen LogP contribution in [0.1, 0.15) is 38.4 Å². The highest BCUT2D eigenvalue weighted by Gasteiger charge is 2.00. The molecule has 114 valence electrons. The van der Waals surface area contributed by atoms with Crippen LogP contribution >= 0.6 is 0 Å². The van der Waals surface area contributed by atoms with Crippen molar-refractivity contribution < 1.29 is 4.74 Å². The SMILES string of the molecule is CCCNCc1ccc(COCCN(CC)CC)nc1. The van der Waals surface area contributed by atoms with Gasteiger partial charge in [0.25, 0.3) is 0 Å². The third-order valence-corrected chi connectivity index (χ3v) is 3.34. The maximum absolute atomic E-state index is 5.67.